The van der Waals surface area contributed by atoms with Crippen LogP contribution in [-0.2, 0) is 14.8 Å². The van der Waals surface area contributed by atoms with Gasteiger partial charge in [-0.05, 0) is 12.1 Å². The Morgan fingerprint density at radius 3 is 2.65 bits per heavy atom. The third-order valence-corrected chi connectivity index (χ3v) is 3.82. The zero-order valence-corrected chi connectivity index (χ0v) is 11.6. The fourth-order valence-corrected chi connectivity index (χ4v) is 2.52. The van der Waals surface area contributed by atoms with Gasteiger partial charge in [-0.3, -0.25) is 0 Å². The van der Waals surface area contributed by atoms with Crippen molar-refractivity contribution in [2.75, 3.05) is 32.6 Å². The van der Waals surface area contributed by atoms with E-state index in [2.05, 4.69) is 9.46 Å². The molecule has 0 radical (unpaired) electrons. The van der Waals surface area contributed by atoms with Crippen LogP contribution in [0.15, 0.2) is 23.1 Å². The van der Waals surface area contributed by atoms with Gasteiger partial charge in [-0.1, -0.05) is 0 Å². The van der Waals surface area contributed by atoms with E-state index in [1.165, 1.54) is 25.3 Å². The predicted octanol–water partition coefficient (Wildman–Crippen LogP) is 0.837. The average molecular weight is 310 g/mol. The van der Waals surface area contributed by atoms with E-state index in [9.17, 15) is 17.2 Å². The lowest BCUT2D eigenvalue weighted by Crippen LogP contribution is -2.28. The van der Waals surface area contributed by atoms with E-state index in [4.69, 9.17) is 10.5 Å². The third kappa shape index (κ3) is 4.91. The molecule has 0 aliphatic carbocycles. The Hall–Kier alpha value is -1.45. The highest BCUT2D eigenvalue weighted by atomic mass is 32.2. The van der Waals surface area contributed by atoms with Gasteiger partial charge < -0.3 is 15.2 Å². The van der Waals surface area contributed by atoms with Crippen LogP contribution in [0.2, 0.25) is 0 Å². The molecule has 0 saturated carbocycles. The molecule has 0 atom stereocenters. The number of nitrogens with two attached hydrogens (primary N) is 1. The van der Waals surface area contributed by atoms with Gasteiger partial charge in [-0.25, -0.2) is 21.9 Å². The number of alkyl halides is 2. The van der Waals surface area contributed by atoms with Crippen LogP contribution in [0.3, 0.4) is 0 Å². The Bertz CT molecular complexity index is 537. The van der Waals surface area contributed by atoms with Crippen molar-refractivity contribution in [3.05, 3.63) is 18.2 Å². The Labute approximate surface area is 115 Å². The maximum Gasteiger partial charge on any atom is 0.261 e. The molecule has 0 spiro atoms. The summed E-state index contributed by atoms with van der Waals surface area (Å²) in [5, 5.41) is 0. The number of hydrogen-bond acceptors (Lipinski definition) is 5. The van der Waals surface area contributed by atoms with Crippen molar-refractivity contribution in [3.8, 4) is 5.75 Å². The Morgan fingerprint density at radius 2 is 2.10 bits per heavy atom. The summed E-state index contributed by atoms with van der Waals surface area (Å²) in [6.45, 7) is -1.01. The molecule has 0 aliphatic heterocycles. The van der Waals surface area contributed by atoms with E-state index in [0.29, 0.717) is 5.75 Å². The quantitative estimate of drug-likeness (QED) is 0.548. The molecule has 1 aromatic carbocycles. The minimum atomic E-state index is -3.81. The monoisotopic (exact) mass is 310 g/mol. The zero-order chi connectivity index (χ0) is 15.2. The molecule has 1 aromatic rings. The summed E-state index contributed by atoms with van der Waals surface area (Å²) in [6.07, 6.45) is -2.58. The Morgan fingerprint density at radius 1 is 1.40 bits per heavy atom. The molecule has 0 fully saturated rings. The lowest BCUT2D eigenvalue weighted by molar-refractivity contribution is 0.0199. The fraction of sp³-hybridized carbons (Fsp3) is 0.455. The van der Waals surface area contributed by atoms with Crippen LogP contribution >= 0.6 is 0 Å². The van der Waals surface area contributed by atoms with E-state index in [1.54, 1.807) is 0 Å². The smallest absolute Gasteiger partial charge is 0.261 e. The number of anilines is 1. The molecule has 0 bridgehead atoms. The highest BCUT2D eigenvalue weighted by molar-refractivity contribution is 7.89. The summed E-state index contributed by atoms with van der Waals surface area (Å²) in [4.78, 5) is -0.104. The van der Waals surface area contributed by atoms with Crippen molar-refractivity contribution in [1.29, 1.82) is 0 Å². The minimum Gasteiger partial charge on any atom is -0.497 e. The van der Waals surface area contributed by atoms with Crippen molar-refractivity contribution in [2.45, 2.75) is 11.3 Å². The molecule has 0 unspecified atom stereocenters. The summed E-state index contributed by atoms with van der Waals surface area (Å²) in [5.74, 6) is 0.432. The first-order valence-corrected chi connectivity index (χ1v) is 7.14. The third-order valence-electron chi connectivity index (χ3n) is 2.29. The number of hydrogen-bond donors (Lipinski definition) is 2. The molecule has 20 heavy (non-hydrogen) atoms. The number of methoxy groups -OCH3 is 1. The average Bonchev–Trinajstić information content (AvgIpc) is 2.37. The van der Waals surface area contributed by atoms with Gasteiger partial charge in [0.2, 0.25) is 10.0 Å². The standard InChI is InChI=1S/C11H16F2N2O4S/c1-18-8-2-3-10(9(14)6-8)20(16,17)15-4-5-19-7-11(12)13/h2-3,6,11,15H,4-5,7,14H2,1H3. The predicted molar refractivity (Wildman–Crippen MR) is 69.4 cm³/mol. The topological polar surface area (TPSA) is 90.7 Å². The summed E-state index contributed by atoms with van der Waals surface area (Å²) in [5.41, 5.74) is 5.66. The molecule has 1 rings (SSSR count). The van der Waals surface area contributed by atoms with Crippen LogP contribution in [-0.4, -0.2) is 41.7 Å². The summed E-state index contributed by atoms with van der Waals surface area (Å²) < 4.78 is 59.1. The molecule has 0 saturated heterocycles. The highest BCUT2D eigenvalue weighted by Crippen LogP contribution is 2.23. The van der Waals surface area contributed by atoms with Gasteiger partial charge in [0.05, 0.1) is 19.4 Å². The van der Waals surface area contributed by atoms with Crippen LogP contribution in [0.25, 0.3) is 0 Å². The molecule has 3 N–H and O–H groups in total. The number of nitrogens with one attached hydrogen (secondary N) is 1. The lowest BCUT2D eigenvalue weighted by atomic mass is 10.3. The molecular weight excluding hydrogens is 294 g/mol. The van der Waals surface area contributed by atoms with Gasteiger partial charge in [-0.2, -0.15) is 0 Å². The van der Waals surface area contributed by atoms with Gasteiger partial charge in [0.15, 0.2) is 0 Å². The highest BCUT2D eigenvalue weighted by Gasteiger charge is 2.17. The van der Waals surface area contributed by atoms with Crippen LogP contribution in [0, 0.1) is 0 Å². The van der Waals surface area contributed by atoms with Crippen molar-refractivity contribution < 1.29 is 26.7 Å². The molecule has 6 nitrogen and oxygen atoms in total. The largest absolute Gasteiger partial charge is 0.497 e. The van der Waals surface area contributed by atoms with Gasteiger partial charge in [0, 0.05) is 12.6 Å². The van der Waals surface area contributed by atoms with Gasteiger partial charge in [0.1, 0.15) is 17.3 Å². The fourth-order valence-electron chi connectivity index (χ4n) is 1.40. The van der Waals surface area contributed by atoms with E-state index in [1.807, 2.05) is 0 Å². The number of ether oxygens (including phenoxy) is 2. The molecule has 0 amide bonds. The van der Waals surface area contributed by atoms with E-state index in [0.717, 1.165) is 0 Å². The molecule has 0 aromatic heterocycles. The first-order valence-electron chi connectivity index (χ1n) is 5.66. The molecule has 114 valence electrons. The van der Waals surface area contributed by atoms with Crippen LogP contribution in [0.1, 0.15) is 0 Å². The summed E-state index contributed by atoms with van der Waals surface area (Å²) >= 11 is 0. The minimum absolute atomic E-state index is 0.0327. The molecule has 9 heteroatoms. The number of benzene rings is 1. The second-order valence-corrected chi connectivity index (χ2v) is 5.50. The van der Waals surface area contributed by atoms with E-state index in [-0.39, 0.29) is 23.7 Å². The maximum atomic E-state index is 11.9. The van der Waals surface area contributed by atoms with Gasteiger partial charge in [0.25, 0.3) is 6.43 Å². The van der Waals surface area contributed by atoms with Crippen LogP contribution < -0.4 is 15.2 Å². The van der Waals surface area contributed by atoms with Crippen molar-refractivity contribution in [2.24, 2.45) is 0 Å². The first-order chi connectivity index (χ1) is 9.36. The number of sulfonamides is 1. The maximum absolute atomic E-state index is 11.9. The number of halogens is 2. The zero-order valence-electron chi connectivity index (χ0n) is 10.8. The first kappa shape index (κ1) is 16.6. The molecule has 0 heterocycles. The normalized spacial score (nSPS) is 11.8. The second kappa shape index (κ2) is 7.36. The summed E-state index contributed by atoms with van der Waals surface area (Å²) in [6, 6.07) is 4.14. The van der Waals surface area contributed by atoms with Gasteiger partial charge >= 0.3 is 0 Å². The van der Waals surface area contributed by atoms with Crippen LogP contribution in [0.4, 0.5) is 14.5 Å². The van der Waals surface area contributed by atoms with Gasteiger partial charge in [-0.15, -0.1) is 0 Å². The Kier molecular flexibility index (Phi) is 6.11. The molecule has 0 aliphatic rings. The molecular formula is C11H16F2N2O4S. The van der Waals surface area contributed by atoms with Crippen molar-refractivity contribution in [1.82, 2.24) is 4.72 Å². The number of nitrogen functional groups attached to an aromatic ring is 1. The lowest BCUT2D eigenvalue weighted by Gasteiger charge is -2.10. The van der Waals surface area contributed by atoms with E-state index >= 15 is 0 Å². The Balaban J connectivity index is 2.60. The van der Waals surface area contributed by atoms with Crippen molar-refractivity contribution >= 4 is 15.7 Å². The SMILES string of the molecule is COc1ccc(S(=O)(=O)NCCOCC(F)F)c(N)c1. The van der Waals surface area contributed by atoms with E-state index < -0.39 is 23.1 Å². The second-order valence-electron chi connectivity index (χ2n) is 3.77. The summed E-state index contributed by atoms with van der Waals surface area (Å²) in [7, 11) is -2.38. The van der Waals surface area contributed by atoms with Crippen LogP contribution in [0.5, 0.6) is 5.75 Å². The van der Waals surface area contributed by atoms with Crippen molar-refractivity contribution in [3.63, 3.8) is 0 Å². The number of rotatable bonds is 8.